The normalized spacial score (nSPS) is 10.8. The van der Waals surface area contributed by atoms with Crippen LogP contribution in [0.25, 0.3) is 0 Å². The maximum Gasteiger partial charge on any atom is 0.415 e. The van der Waals surface area contributed by atoms with Gasteiger partial charge in [0.1, 0.15) is 5.60 Å². The third-order valence-electron chi connectivity index (χ3n) is 2.57. The SMILES string of the molecule is C=CCc1ccccc1N(CC=C)C(=O)OC(C)(C)C. The van der Waals surface area contributed by atoms with Gasteiger partial charge in [-0.3, -0.25) is 4.90 Å². The molecular formula is C17H23NO2. The molecule has 20 heavy (non-hydrogen) atoms. The van der Waals surface area contributed by atoms with E-state index in [4.69, 9.17) is 4.74 Å². The molecule has 0 aromatic heterocycles. The van der Waals surface area contributed by atoms with Crippen LogP contribution in [0.3, 0.4) is 0 Å². The van der Waals surface area contributed by atoms with Crippen molar-refractivity contribution < 1.29 is 9.53 Å². The van der Waals surface area contributed by atoms with Gasteiger partial charge in [0, 0.05) is 6.54 Å². The van der Waals surface area contributed by atoms with Gasteiger partial charge in [-0.25, -0.2) is 4.79 Å². The van der Waals surface area contributed by atoms with E-state index in [1.807, 2.05) is 51.1 Å². The highest BCUT2D eigenvalue weighted by Crippen LogP contribution is 2.23. The molecule has 108 valence electrons. The van der Waals surface area contributed by atoms with Gasteiger partial charge in [0.25, 0.3) is 0 Å². The number of carbonyl (C=O) groups is 1. The second-order valence-electron chi connectivity index (χ2n) is 5.50. The predicted octanol–water partition coefficient (Wildman–Crippen LogP) is 4.34. The molecule has 0 saturated carbocycles. The molecule has 0 atom stereocenters. The summed E-state index contributed by atoms with van der Waals surface area (Å²) < 4.78 is 5.45. The smallest absolute Gasteiger partial charge is 0.415 e. The Kier molecular flexibility index (Phi) is 5.56. The van der Waals surface area contributed by atoms with Crippen molar-refractivity contribution in [2.75, 3.05) is 11.4 Å². The molecule has 0 aliphatic heterocycles. The molecule has 3 nitrogen and oxygen atoms in total. The number of rotatable bonds is 5. The molecule has 0 aliphatic carbocycles. The zero-order valence-corrected chi connectivity index (χ0v) is 12.6. The maximum absolute atomic E-state index is 12.3. The largest absolute Gasteiger partial charge is 0.443 e. The van der Waals surface area contributed by atoms with Gasteiger partial charge < -0.3 is 4.74 Å². The zero-order chi connectivity index (χ0) is 15.2. The molecule has 1 amide bonds. The van der Waals surface area contributed by atoms with Crippen molar-refractivity contribution in [1.29, 1.82) is 0 Å². The summed E-state index contributed by atoms with van der Waals surface area (Å²) in [5.41, 5.74) is 1.35. The van der Waals surface area contributed by atoms with Crippen LogP contribution in [0.5, 0.6) is 0 Å². The second kappa shape index (κ2) is 6.94. The minimum Gasteiger partial charge on any atom is -0.443 e. The number of nitrogens with zero attached hydrogens (tertiary/aromatic N) is 1. The van der Waals surface area contributed by atoms with Crippen LogP contribution in [0.2, 0.25) is 0 Å². The van der Waals surface area contributed by atoms with Gasteiger partial charge in [-0.15, -0.1) is 13.2 Å². The molecule has 1 rings (SSSR count). The lowest BCUT2D eigenvalue weighted by atomic mass is 10.1. The number of hydrogen-bond acceptors (Lipinski definition) is 2. The molecule has 0 heterocycles. The van der Waals surface area contributed by atoms with Crippen molar-refractivity contribution >= 4 is 11.8 Å². The van der Waals surface area contributed by atoms with E-state index < -0.39 is 5.60 Å². The van der Waals surface area contributed by atoms with Gasteiger partial charge >= 0.3 is 6.09 Å². The monoisotopic (exact) mass is 273 g/mol. The fourth-order valence-corrected chi connectivity index (χ4v) is 1.82. The summed E-state index contributed by atoms with van der Waals surface area (Å²) in [5.74, 6) is 0. The van der Waals surface area contributed by atoms with Crippen molar-refractivity contribution in [2.45, 2.75) is 32.8 Å². The first-order valence-electron chi connectivity index (χ1n) is 6.69. The highest BCUT2D eigenvalue weighted by Gasteiger charge is 2.23. The van der Waals surface area contributed by atoms with E-state index in [0.717, 1.165) is 11.3 Å². The van der Waals surface area contributed by atoms with Gasteiger partial charge in [0.15, 0.2) is 0 Å². The van der Waals surface area contributed by atoms with Crippen LogP contribution >= 0.6 is 0 Å². The van der Waals surface area contributed by atoms with Crippen molar-refractivity contribution in [3.8, 4) is 0 Å². The lowest BCUT2D eigenvalue weighted by Crippen LogP contribution is -2.37. The number of amides is 1. The number of para-hydroxylation sites is 1. The third-order valence-corrected chi connectivity index (χ3v) is 2.57. The van der Waals surface area contributed by atoms with Crippen LogP contribution in [0, 0.1) is 0 Å². The molecule has 1 aromatic rings. The van der Waals surface area contributed by atoms with Crippen LogP contribution < -0.4 is 4.90 Å². The molecule has 0 unspecified atom stereocenters. The quantitative estimate of drug-likeness (QED) is 0.747. The van der Waals surface area contributed by atoms with E-state index in [0.29, 0.717) is 13.0 Å². The summed E-state index contributed by atoms with van der Waals surface area (Å²) >= 11 is 0. The Morgan fingerprint density at radius 3 is 2.45 bits per heavy atom. The highest BCUT2D eigenvalue weighted by molar-refractivity contribution is 5.89. The average Bonchev–Trinajstić information content (AvgIpc) is 2.35. The van der Waals surface area contributed by atoms with E-state index in [1.54, 1.807) is 11.0 Å². The fourth-order valence-electron chi connectivity index (χ4n) is 1.82. The molecular weight excluding hydrogens is 250 g/mol. The molecule has 0 radical (unpaired) electrons. The molecule has 1 aromatic carbocycles. The Balaban J connectivity index is 3.10. The van der Waals surface area contributed by atoms with Crippen LogP contribution in [-0.2, 0) is 11.2 Å². The molecule has 3 heteroatoms. The van der Waals surface area contributed by atoms with E-state index in [2.05, 4.69) is 13.2 Å². The van der Waals surface area contributed by atoms with Crippen molar-refractivity contribution in [2.24, 2.45) is 0 Å². The van der Waals surface area contributed by atoms with E-state index in [9.17, 15) is 4.79 Å². The number of allylic oxidation sites excluding steroid dienone is 1. The van der Waals surface area contributed by atoms with Crippen LogP contribution in [-0.4, -0.2) is 18.2 Å². The van der Waals surface area contributed by atoms with Gasteiger partial charge in [0.05, 0.1) is 5.69 Å². The van der Waals surface area contributed by atoms with Crippen molar-refractivity contribution in [3.63, 3.8) is 0 Å². The Morgan fingerprint density at radius 1 is 1.25 bits per heavy atom. The van der Waals surface area contributed by atoms with Gasteiger partial charge in [-0.1, -0.05) is 30.4 Å². The third kappa shape index (κ3) is 4.57. The molecule has 0 bridgehead atoms. The minimum atomic E-state index is -0.524. The molecule has 0 N–H and O–H groups in total. The summed E-state index contributed by atoms with van der Waals surface area (Å²) in [7, 11) is 0. The standard InChI is InChI=1S/C17H23NO2/c1-6-10-14-11-8-9-12-15(14)18(13-7-2)16(19)20-17(3,4)5/h6-9,11-12H,1-2,10,13H2,3-5H3. The number of hydrogen-bond donors (Lipinski definition) is 0. The first-order valence-corrected chi connectivity index (χ1v) is 6.69. The number of ether oxygens (including phenoxy) is 1. The summed E-state index contributed by atoms with van der Waals surface area (Å²) in [6, 6.07) is 7.75. The summed E-state index contributed by atoms with van der Waals surface area (Å²) in [4.78, 5) is 13.9. The fraction of sp³-hybridized carbons (Fsp3) is 0.353. The number of benzene rings is 1. The first kappa shape index (κ1) is 16.0. The Labute approximate surface area is 121 Å². The van der Waals surface area contributed by atoms with Crippen LogP contribution in [0.4, 0.5) is 10.5 Å². The number of anilines is 1. The summed E-state index contributed by atoms with van der Waals surface area (Å²) in [6.45, 7) is 13.4. The maximum atomic E-state index is 12.3. The van der Waals surface area contributed by atoms with Crippen molar-refractivity contribution in [3.05, 3.63) is 55.1 Å². The molecule has 0 saturated heterocycles. The van der Waals surface area contributed by atoms with Gasteiger partial charge in [0.2, 0.25) is 0 Å². The first-order chi connectivity index (χ1) is 9.39. The van der Waals surface area contributed by atoms with Crippen LogP contribution in [0.1, 0.15) is 26.3 Å². The number of carbonyl (C=O) groups excluding carboxylic acids is 1. The van der Waals surface area contributed by atoms with Gasteiger partial charge in [-0.05, 0) is 38.8 Å². The second-order valence-corrected chi connectivity index (χ2v) is 5.50. The van der Waals surface area contributed by atoms with Gasteiger partial charge in [-0.2, -0.15) is 0 Å². The summed E-state index contributed by atoms with van der Waals surface area (Å²) in [6.07, 6.45) is 3.84. The van der Waals surface area contributed by atoms with E-state index >= 15 is 0 Å². The zero-order valence-electron chi connectivity index (χ0n) is 12.6. The minimum absolute atomic E-state index is 0.367. The lowest BCUT2D eigenvalue weighted by molar-refractivity contribution is 0.0584. The Morgan fingerprint density at radius 2 is 1.90 bits per heavy atom. The Hall–Kier alpha value is -2.03. The lowest BCUT2D eigenvalue weighted by Gasteiger charge is -2.28. The molecule has 0 aliphatic rings. The van der Waals surface area contributed by atoms with E-state index in [1.165, 1.54) is 0 Å². The predicted molar refractivity (Wildman–Crippen MR) is 84.1 cm³/mol. The highest BCUT2D eigenvalue weighted by atomic mass is 16.6. The summed E-state index contributed by atoms with van der Waals surface area (Å²) in [5, 5.41) is 0. The Bertz CT molecular complexity index is 486. The van der Waals surface area contributed by atoms with E-state index in [-0.39, 0.29) is 6.09 Å². The van der Waals surface area contributed by atoms with Crippen LogP contribution in [0.15, 0.2) is 49.6 Å². The molecule has 0 spiro atoms. The van der Waals surface area contributed by atoms with Crippen molar-refractivity contribution in [1.82, 2.24) is 0 Å². The topological polar surface area (TPSA) is 29.5 Å². The average molecular weight is 273 g/mol. The molecule has 0 fully saturated rings.